The number of nitrogens with zero attached hydrogens (tertiary/aromatic N) is 6. The molecule has 0 atom stereocenters. The first-order valence-electron chi connectivity index (χ1n) is 6.38. The molecule has 0 saturated heterocycles. The van der Waals surface area contributed by atoms with E-state index in [0.717, 1.165) is 23.9 Å². The van der Waals surface area contributed by atoms with Gasteiger partial charge >= 0.3 is 0 Å². The monoisotopic (exact) mass is 268 g/mol. The van der Waals surface area contributed by atoms with Crippen LogP contribution in [0.25, 0.3) is 17.0 Å². The van der Waals surface area contributed by atoms with Crippen molar-refractivity contribution in [2.24, 2.45) is 0 Å². The molecule has 0 unspecified atom stereocenters. The average molecular weight is 268 g/mol. The van der Waals surface area contributed by atoms with E-state index in [1.54, 1.807) is 4.68 Å². The fourth-order valence-electron chi connectivity index (χ4n) is 1.97. The van der Waals surface area contributed by atoms with Crippen LogP contribution in [0.5, 0.6) is 0 Å². The van der Waals surface area contributed by atoms with Crippen LogP contribution in [0.4, 0.5) is 11.9 Å². The number of hydrogen-bond donors (Lipinski definition) is 2. The van der Waals surface area contributed by atoms with Crippen molar-refractivity contribution in [3.63, 3.8) is 0 Å². The van der Waals surface area contributed by atoms with Gasteiger partial charge in [0.05, 0.1) is 5.52 Å². The van der Waals surface area contributed by atoms with Crippen LogP contribution >= 0.6 is 0 Å². The molecule has 0 bridgehead atoms. The predicted octanol–water partition coefficient (Wildman–Crippen LogP) is 0.762. The number of aromatic nitrogens is 6. The molecule has 1 fully saturated rings. The lowest BCUT2D eigenvalue weighted by atomic mass is 10.3. The van der Waals surface area contributed by atoms with E-state index >= 15 is 0 Å². The molecule has 1 aliphatic rings. The predicted molar refractivity (Wildman–Crippen MR) is 73.3 cm³/mol. The van der Waals surface area contributed by atoms with Crippen molar-refractivity contribution in [3.8, 4) is 5.95 Å². The molecule has 20 heavy (non-hydrogen) atoms. The summed E-state index contributed by atoms with van der Waals surface area (Å²) in [6.07, 6.45) is 2.26. The third kappa shape index (κ3) is 1.91. The van der Waals surface area contributed by atoms with Gasteiger partial charge in [0.15, 0.2) is 0 Å². The van der Waals surface area contributed by atoms with Gasteiger partial charge in [-0.25, -0.2) is 0 Å². The van der Waals surface area contributed by atoms with Gasteiger partial charge in [0.25, 0.3) is 5.95 Å². The highest BCUT2D eigenvalue weighted by Gasteiger charge is 2.22. The van der Waals surface area contributed by atoms with Crippen molar-refractivity contribution in [1.82, 2.24) is 29.9 Å². The van der Waals surface area contributed by atoms with Gasteiger partial charge in [-0.05, 0) is 25.0 Å². The van der Waals surface area contributed by atoms with Crippen molar-refractivity contribution in [3.05, 3.63) is 24.3 Å². The highest BCUT2D eigenvalue weighted by Crippen LogP contribution is 2.23. The fourth-order valence-corrected chi connectivity index (χ4v) is 1.97. The minimum absolute atomic E-state index is 0.165. The lowest BCUT2D eigenvalue weighted by Crippen LogP contribution is -2.12. The zero-order chi connectivity index (χ0) is 13.5. The number of benzene rings is 1. The number of nitrogen functional groups attached to an aromatic ring is 1. The number of hydrogen-bond acceptors (Lipinski definition) is 7. The Hall–Kier alpha value is -2.77. The summed E-state index contributed by atoms with van der Waals surface area (Å²) in [7, 11) is 0. The summed E-state index contributed by atoms with van der Waals surface area (Å²) in [4.78, 5) is 12.6. The summed E-state index contributed by atoms with van der Waals surface area (Å²) >= 11 is 0. The second-order valence-corrected chi connectivity index (χ2v) is 4.73. The normalized spacial score (nSPS) is 14.6. The molecule has 0 aliphatic heterocycles. The number of rotatable bonds is 3. The third-order valence-corrected chi connectivity index (χ3v) is 3.09. The number of fused-ring (bicyclic) bond motifs is 1. The molecule has 8 heteroatoms. The Labute approximate surface area is 114 Å². The average Bonchev–Trinajstić information content (AvgIpc) is 3.14. The Balaban J connectivity index is 1.82. The third-order valence-electron chi connectivity index (χ3n) is 3.09. The molecular weight excluding hydrogens is 256 g/mol. The molecule has 4 rings (SSSR count). The smallest absolute Gasteiger partial charge is 0.259 e. The molecule has 3 N–H and O–H groups in total. The Morgan fingerprint density at radius 2 is 2.00 bits per heavy atom. The van der Waals surface area contributed by atoms with E-state index in [-0.39, 0.29) is 5.95 Å². The fraction of sp³-hybridized carbons (Fsp3) is 0.250. The molecule has 3 aromatic rings. The Kier molecular flexibility index (Phi) is 2.28. The summed E-state index contributed by atoms with van der Waals surface area (Å²) in [5.74, 6) is 1.02. The van der Waals surface area contributed by atoms with Crippen LogP contribution in [0.15, 0.2) is 24.3 Å². The molecule has 8 nitrogen and oxygen atoms in total. The van der Waals surface area contributed by atoms with Gasteiger partial charge < -0.3 is 11.1 Å². The van der Waals surface area contributed by atoms with E-state index in [1.807, 2.05) is 24.3 Å². The molecule has 1 saturated carbocycles. The molecule has 2 aromatic heterocycles. The second kappa shape index (κ2) is 4.12. The molecule has 0 spiro atoms. The molecule has 0 amide bonds. The Morgan fingerprint density at radius 1 is 1.15 bits per heavy atom. The van der Waals surface area contributed by atoms with E-state index in [9.17, 15) is 0 Å². The van der Waals surface area contributed by atoms with Crippen molar-refractivity contribution in [2.45, 2.75) is 18.9 Å². The molecular formula is C12H12N8. The highest BCUT2D eigenvalue weighted by atomic mass is 15.5. The quantitative estimate of drug-likeness (QED) is 0.722. The first-order chi connectivity index (χ1) is 9.79. The summed E-state index contributed by atoms with van der Waals surface area (Å²) in [5.41, 5.74) is 7.35. The Morgan fingerprint density at radius 3 is 2.85 bits per heavy atom. The van der Waals surface area contributed by atoms with Gasteiger partial charge in [0, 0.05) is 6.04 Å². The van der Waals surface area contributed by atoms with E-state index in [0.29, 0.717) is 17.9 Å². The highest BCUT2D eigenvalue weighted by molar-refractivity contribution is 5.75. The number of para-hydroxylation sites is 1. The lowest BCUT2D eigenvalue weighted by molar-refractivity contribution is 0.768. The van der Waals surface area contributed by atoms with E-state index in [4.69, 9.17) is 5.73 Å². The number of anilines is 2. The SMILES string of the molecule is Nc1nc(NC2CC2)nc(-n2nnc3ccccc32)n1. The summed E-state index contributed by atoms with van der Waals surface area (Å²) < 4.78 is 1.56. The maximum atomic E-state index is 5.74. The minimum atomic E-state index is 0.165. The van der Waals surface area contributed by atoms with Crippen LogP contribution in [-0.2, 0) is 0 Å². The van der Waals surface area contributed by atoms with Crippen LogP contribution in [-0.4, -0.2) is 36.0 Å². The van der Waals surface area contributed by atoms with Gasteiger partial charge in [0.1, 0.15) is 5.52 Å². The van der Waals surface area contributed by atoms with Crippen LogP contribution < -0.4 is 11.1 Å². The number of nitrogens with two attached hydrogens (primary N) is 1. The molecule has 1 aliphatic carbocycles. The first kappa shape index (κ1) is 11.1. The van der Waals surface area contributed by atoms with Crippen molar-refractivity contribution in [1.29, 1.82) is 0 Å². The minimum Gasteiger partial charge on any atom is -0.368 e. The van der Waals surface area contributed by atoms with Crippen LogP contribution in [0.2, 0.25) is 0 Å². The standard InChI is InChI=1S/C12H12N8/c13-10-15-11(14-7-5-6-7)17-12(16-10)20-9-4-2-1-3-8(9)18-19-20/h1-4,7H,5-6H2,(H3,13,14,15,16,17). The summed E-state index contributed by atoms with van der Waals surface area (Å²) in [5, 5.41) is 11.4. The van der Waals surface area contributed by atoms with Gasteiger partial charge in [-0.15, -0.1) is 5.10 Å². The van der Waals surface area contributed by atoms with Crippen LogP contribution in [0.3, 0.4) is 0 Å². The second-order valence-electron chi connectivity index (χ2n) is 4.73. The molecule has 100 valence electrons. The van der Waals surface area contributed by atoms with Crippen LogP contribution in [0, 0.1) is 0 Å². The van der Waals surface area contributed by atoms with Gasteiger partial charge in [0.2, 0.25) is 11.9 Å². The first-order valence-corrected chi connectivity index (χ1v) is 6.38. The lowest BCUT2D eigenvalue weighted by Gasteiger charge is -2.06. The topological polar surface area (TPSA) is 107 Å². The van der Waals surface area contributed by atoms with Gasteiger partial charge in [-0.1, -0.05) is 17.3 Å². The van der Waals surface area contributed by atoms with Crippen LogP contribution in [0.1, 0.15) is 12.8 Å². The number of nitrogens with one attached hydrogen (secondary N) is 1. The maximum absolute atomic E-state index is 5.74. The molecule has 1 aromatic carbocycles. The zero-order valence-electron chi connectivity index (χ0n) is 10.6. The molecule has 2 heterocycles. The largest absolute Gasteiger partial charge is 0.368 e. The van der Waals surface area contributed by atoms with E-state index < -0.39 is 0 Å². The van der Waals surface area contributed by atoms with Crippen molar-refractivity contribution >= 4 is 22.9 Å². The summed E-state index contributed by atoms with van der Waals surface area (Å²) in [6.45, 7) is 0. The van der Waals surface area contributed by atoms with E-state index in [1.165, 1.54) is 0 Å². The van der Waals surface area contributed by atoms with Crippen molar-refractivity contribution < 1.29 is 0 Å². The molecule has 0 radical (unpaired) electrons. The van der Waals surface area contributed by atoms with Gasteiger partial charge in [-0.2, -0.15) is 19.6 Å². The summed E-state index contributed by atoms with van der Waals surface area (Å²) in [6, 6.07) is 8.05. The van der Waals surface area contributed by atoms with Gasteiger partial charge in [-0.3, -0.25) is 0 Å². The zero-order valence-corrected chi connectivity index (χ0v) is 10.6. The maximum Gasteiger partial charge on any atom is 0.259 e. The van der Waals surface area contributed by atoms with Crippen molar-refractivity contribution in [2.75, 3.05) is 11.1 Å². The Bertz CT molecular complexity index is 776. The van der Waals surface area contributed by atoms with E-state index in [2.05, 4.69) is 30.6 Å².